The van der Waals surface area contributed by atoms with Gasteiger partial charge < -0.3 is 19.5 Å². The highest BCUT2D eigenvalue weighted by molar-refractivity contribution is 7.22. The van der Waals surface area contributed by atoms with Gasteiger partial charge in [0.25, 0.3) is 5.91 Å². The molecule has 0 unspecified atom stereocenters. The van der Waals surface area contributed by atoms with Crippen LogP contribution in [0.4, 0.5) is 14.9 Å². The van der Waals surface area contributed by atoms with E-state index in [2.05, 4.69) is 9.97 Å². The summed E-state index contributed by atoms with van der Waals surface area (Å²) in [6.45, 7) is 1.92. The Morgan fingerprint density at radius 1 is 1.14 bits per heavy atom. The van der Waals surface area contributed by atoms with Gasteiger partial charge in [-0.05, 0) is 48.9 Å². The number of aryl methyl sites for hydroxylation is 1. The summed E-state index contributed by atoms with van der Waals surface area (Å²) in [7, 11) is 4.82. The molecule has 12 heteroatoms. The van der Waals surface area contributed by atoms with Crippen LogP contribution in [0, 0.1) is 12.7 Å². The van der Waals surface area contributed by atoms with Gasteiger partial charge in [-0.15, -0.1) is 11.3 Å². The van der Waals surface area contributed by atoms with E-state index in [1.54, 1.807) is 44.6 Å². The molecule has 42 heavy (non-hydrogen) atoms. The van der Waals surface area contributed by atoms with Crippen LogP contribution in [0.15, 0.2) is 48.7 Å². The van der Waals surface area contributed by atoms with E-state index in [9.17, 15) is 14.7 Å². The molecular weight excluding hydrogens is 561 g/mol. The Hall–Kier alpha value is -4.84. The van der Waals surface area contributed by atoms with Crippen molar-refractivity contribution in [1.29, 1.82) is 0 Å². The Morgan fingerprint density at radius 3 is 2.60 bits per heavy atom. The second kappa shape index (κ2) is 10.5. The van der Waals surface area contributed by atoms with Crippen molar-refractivity contribution in [2.75, 3.05) is 32.6 Å². The third-order valence-corrected chi connectivity index (χ3v) is 8.22. The number of fused-ring (bicyclic) bond motifs is 4. The van der Waals surface area contributed by atoms with Crippen LogP contribution >= 0.6 is 11.3 Å². The summed E-state index contributed by atoms with van der Waals surface area (Å²) in [5, 5.41) is 10.6. The van der Waals surface area contributed by atoms with E-state index < -0.39 is 18.0 Å². The second-order valence-electron chi connectivity index (χ2n) is 10.2. The summed E-state index contributed by atoms with van der Waals surface area (Å²) in [5.74, 6) is -0.228. The number of rotatable bonds is 6. The minimum absolute atomic E-state index is 0.0302. The van der Waals surface area contributed by atoms with Gasteiger partial charge in [-0.25, -0.2) is 24.1 Å². The third-order valence-electron chi connectivity index (χ3n) is 7.06. The van der Waals surface area contributed by atoms with Gasteiger partial charge in [0.1, 0.15) is 11.1 Å². The van der Waals surface area contributed by atoms with E-state index >= 15 is 4.39 Å². The number of anilines is 1. The van der Waals surface area contributed by atoms with Crippen molar-refractivity contribution in [2.45, 2.75) is 19.4 Å². The van der Waals surface area contributed by atoms with E-state index in [0.29, 0.717) is 50.7 Å². The molecule has 5 aromatic rings. The minimum atomic E-state index is -1.18. The normalized spacial score (nSPS) is 14.1. The van der Waals surface area contributed by atoms with Crippen LogP contribution in [0.5, 0.6) is 11.6 Å². The number of ether oxygens (including phenoxy) is 2. The largest absolute Gasteiger partial charge is 0.485 e. The Kier molecular flexibility index (Phi) is 6.85. The van der Waals surface area contributed by atoms with Crippen LogP contribution < -0.4 is 14.4 Å². The SMILES string of the molecule is COc1cnc2c(-c3nc4cc(F)c5c(c4s3)C[C@H](CN(C(=O)O)c3ccc(C(=O)N(C)C)cc3)O5)cc(C)cc2n1. The Balaban J connectivity index is 1.31. The highest BCUT2D eigenvalue weighted by Gasteiger charge is 2.33. The fraction of sp³-hybridized carbons (Fsp3) is 0.233. The van der Waals surface area contributed by atoms with E-state index in [1.807, 2.05) is 19.1 Å². The lowest BCUT2D eigenvalue weighted by atomic mass is 10.1. The van der Waals surface area contributed by atoms with Gasteiger partial charge in [0.05, 0.1) is 41.1 Å². The topological polar surface area (TPSA) is 118 Å². The maximum absolute atomic E-state index is 15.2. The van der Waals surface area contributed by atoms with Crippen molar-refractivity contribution in [3.05, 3.63) is 71.2 Å². The molecule has 0 fully saturated rings. The number of amides is 2. The number of hydrogen-bond acceptors (Lipinski definition) is 8. The van der Waals surface area contributed by atoms with Crippen LogP contribution in [-0.4, -0.2) is 70.8 Å². The first kappa shape index (κ1) is 27.3. The molecule has 1 aliphatic rings. The standard InChI is InChI=1S/C30H26FN5O5S/c1-15-9-19(25-22(10-15)33-24(40-4)13-32-25)28-34-23-12-21(31)26-20(27(23)42-28)11-18(41-26)14-36(30(38)39)17-7-5-16(6-8-17)29(37)35(2)3/h5-10,12-13,18H,11,14H2,1-4H3,(H,38,39)/t18-/m1/s1. The van der Waals surface area contributed by atoms with Crippen molar-refractivity contribution in [1.82, 2.24) is 19.9 Å². The maximum atomic E-state index is 15.2. The molecule has 1 N–H and O–H groups in total. The molecule has 1 aliphatic heterocycles. The summed E-state index contributed by atoms with van der Waals surface area (Å²) < 4.78 is 27.2. The quantitative estimate of drug-likeness (QED) is 0.275. The van der Waals surface area contributed by atoms with Gasteiger partial charge in [0, 0.05) is 49.0 Å². The Bertz CT molecular complexity index is 1870. The van der Waals surface area contributed by atoms with E-state index in [0.717, 1.165) is 20.7 Å². The van der Waals surface area contributed by atoms with Gasteiger partial charge in [-0.1, -0.05) is 0 Å². The highest BCUT2D eigenvalue weighted by atomic mass is 32.1. The van der Waals surface area contributed by atoms with Crippen LogP contribution in [0.25, 0.3) is 31.8 Å². The lowest BCUT2D eigenvalue weighted by Gasteiger charge is -2.23. The summed E-state index contributed by atoms with van der Waals surface area (Å²) in [6, 6.07) is 11.5. The van der Waals surface area contributed by atoms with Crippen molar-refractivity contribution in [3.63, 3.8) is 0 Å². The van der Waals surface area contributed by atoms with E-state index in [4.69, 9.17) is 14.5 Å². The molecule has 0 spiro atoms. The van der Waals surface area contributed by atoms with Crippen molar-refractivity contribution in [2.24, 2.45) is 0 Å². The number of carbonyl (C=O) groups excluding carboxylic acids is 1. The number of nitrogens with zero attached hydrogens (tertiary/aromatic N) is 5. The average molecular weight is 588 g/mol. The van der Waals surface area contributed by atoms with E-state index in [1.165, 1.54) is 29.4 Å². The van der Waals surface area contributed by atoms with Gasteiger partial charge >= 0.3 is 6.09 Å². The number of methoxy groups -OCH3 is 1. The van der Waals surface area contributed by atoms with Crippen LogP contribution in [0.2, 0.25) is 0 Å². The first-order valence-electron chi connectivity index (χ1n) is 13.1. The fourth-order valence-corrected chi connectivity index (χ4v) is 6.20. The number of thiazole rings is 1. The summed E-state index contributed by atoms with van der Waals surface area (Å²) >= 11 is 1.41. The molecule has 214 valence electrons. The molecule has 0 saturated heterocycles. The van der Waals surface area contributed by atoms with Crippen molar-refractivity contribution >= 4 is 50.3 Å². The molecule has 2 amide bonds. The molecular formula is C30H26FN5O5S. The predicted molar refractivity (Wildman–Crippen MR) is 157 cm³/mol. The van der Waals surface area contributed by atoms with Gasteiger partial charge in [-0.2, -0.15) is 0 Å². The smallest absolute Gasteiger partial charge is 0.411 e. The molecule has 3 aromatic carbocycles. The van der Waals surface area contributed by atoms with Crippen LogP contribution in [0.1, 0.15) is 21.5 Å². The molecule has 0 bridgehead atoms. The number of aromatic nitrogens is 3. The third kappa shape index (κ3) is 4.83. The molecule has 0 radical (unpaired) electrons. The molecule has 10 nitrogen and oxygen atoms in total. The zero-order valence-electron chi connectivity index (χ0n) is 23.2. The van der Waals surface area contributed by atoms with Crippen LogP contribution in [-0.2, 0) is 6.42 Å². The molecule has 3 heterocycles. The molecule has 6 rings (SSSR count). The van der Waals surface area contributed by atoms with Gasteiger partial charge in [0.2, 0.25) is 5.88 Å². The summed E-state index contributed by atoms with van der Waals surface area (Å²) in [6.07, 6.45) is 0.0446. The van der Waals surface area contributed by atoms with Crippen LogP contribution in [0.3, 0.4) is 0 Å². The summed E-state index contributed by atoms with van der Waals surface area (Å²) in [5.41, 5.74) is 5.02. The highest BCUT2D eigenvalue weighted by Crippen LogP contribution is 2.43. The lowest BCUT2D eigenvalue weighted by molar-refractivity contribution is 0.0827. The van der Waals surface area contributed by atoms with Crippen molar-refractivity contribution < 1.29 is 28.6 Å². The first-order chi connectivity index (χ1) is 20.1. The average Bonchev–Trinajstić information content (AvgIpc) is 3.59. The fourth-order valence-electron chi connectivity index (χ4n) is 5.09. The number of carbonyl (C=O) groups is 2. The molecule has 1 atom stereocenters. The molecule has 2 aromatic heterocycles. The second-order valence-corrected chi connectivity index (χ2v) is 11.2. The molecule has 0 saturated carbocycles. The zero-order valence-corrected chi connectivity index (χ0v) is 24.0. The Labute approximate surface area is 244 Å². The number of benzene rings is 3. The zero-order chi connectivity index (χ0) is 29.7. The monoisotopic (exact) mass is 587 g/mol. The predicted octanol–water partition coefficient (Wildman–Crippen LogP) is 5.55. The Morgan fingerprint density at radius 2 is 1.90 bits per heavy atom. The van der Waals surface area contributed by atoms with Gasteiger partial charge in [-0.3, -0.25) is 9.69 Å². The molecule has 0 aliphatic carbocycles. The van der Waals surface area contributed by atoms with Gasteiger partial charge in [0.15, 0.2) is 11.6 Å². The lowest BCUT2D eigenvalue weighted by Crippen LogP contribution is -2.38. The maximum Gasteiger partial charge on any atom is 0.411 e. The van der Waals surface area contributed by atoms with E-state index in [-0.39, 0.29) is 18.2 Å². The number of carboxylic acid groups (broad SMARTS) is 1. The first-order valence-corrected chi connectivity index (χ1v) is 13.9. The minimum Gasteiger partial charge on any atom is -0.485 e. The number of hydrogen-bond donors (Lipinski definition) is 1. The number of halogens is 1. The summed E-state index contributed by atoms with van der Waals surface area (Å²) in [4.78, 5) is 40.8. The van der Waals surface area contributed by atoms with Crippen molar-refractivity contribution in [3.8, 4) is 22.2 Å².